The first-order valence-electron chi connectivity index (χ1n) is 7.09. The Bertz CT molecular complexity index is 534. The van der Waals surface area contributed by atoms with Crippen LogP contribution >= 0.6 is 11.8 Å². The fourth-order valence-electron chi connectivity index (χ4n) is 2.33. The monoisotopic (exact) mass is 288 g/mol. The van der Waals surface area contributed by atoms with Crippen molar-refractivity contribution in [2.24, 2.45) is 0 Å². The van der Waals surface area contributed by atoms with E-state index >= 15 is 0 Å². The van der Waals surface area contributed by atoms with Crippen LogP contribution < -0.4 is 5.32 Å². The van der Waals surface area contributed by atoms with E-state index in [2.05, 4.69) is 73.8 Å². The highest BCUT2D eigenvalue weighted by Crippen LogP contribution is 2.26. The Morgan fingerprint density at radius 1 is 1.10 bits per heavy atom. The Morgan fingerprint density at radius 3 is 2.60 bits per heavy atom. The first-order chi connectivity index (χ1) is 9.72. The van der Waals surface area contributed by atoms with E-state index in [4.69, 9.17) is 0 Å². The molecule has 2 nitrogen and oxygen atoms in total. The van der Waals surface area contributed by atoms with Gasteiger partial charge < -0.3 is 10.2 Å². The van der Waals surface area contributed by atoms with E-state index in [1.54, 1.807) is 0 Å². The maximum atomic E-state index is 3.46. The number of thioether (sulfide) groups is 1. The summed E-state index contributed by atoms with van der Waals surface area (Å²) < 4.78 is 0. The number of rotatable bonds is 7. The lowest BCUT2D eigenvalue weighted by atomic mass is 10.00. The molecule has 1 atom stereocenters. The van der Waals surface area contributed by atoms with E-state index in [1.165, 1.54) is 22.1 Å². The molecule has 0 radical (unpaired) electrons. The molecule has 0 amide bonds. The molecule has 1 unspecified atom stereocenters. The Morgan fingerprint density at radius 2 is 1.85 bits per heavy atom. The lowest BCUT2D eigenvalue weighted by molar-refractivity contribution is 0.437. The van der Waals surface area contributed by atoms with Gasteiger partial charge in [-0.15, -0.1) is 0 Å². The van der Waals surface area contributed by atoms with Crippen molar-refractivity contribution in [3.05, 3.63) is 48.0 Å². The van der Waals surface area contributed by atoms with Gasteiger partial charge in [0.25, 0.3) is 0 Å². The van der Waals surface area contributed by atoms with E-state index in [0.29, 0.717) is 6.04 Å². The van der Waals surface area contributed by atoms with Gasteiger partial charge in [0, 0.05) is 24.1 Å². The molecule has 0 bridgehead atoms. The standard InChI is InChI=1S/C17H24N2S/c1-18-17(13-20-12-11-19(2)3)16-10-6-8-14-7-4-5-9-15(14)16/h4-10,17-18H,11-13H2,1-3H3. The zero-order chi connectivity index (χ0) is 14.4. The highest BCUT2D eigenvalue weighted by molar-refractivity contribution is 7.99. The Balaban J connectivity index is 2.09. The summed E-state index contributed by atoms with van der Waals surface area (Å²) in [6, 6.07) is 15.6. The number of benzene rings is 2. The second-order valence-corrected chi connectivity index (χ2v) is 6.44. The Hall–Kier alpha value is -1.03. The van der Waals surface area contributed by atoms with E-state index < -0.39 is 0 Å². The number of hydrogen-bond acceptors (Lipinski definition) is 3. The van der Waals surface area contributed by atoms with Crippen LogP contribution in [0.5, 0.6) is 0 Å². The quantitative estimate of drug-likeness (QED) is 0.786. The zero-order valence-electron chi connectivity index (χ0n) is 12.6. The number of nitrogens with zero attached hydrogens (tertiary/aromatic N) is 1. The zero-order valence-corrected chi connectivity index (χ0v) is 13.4. The minimum absolute atomic E-state index is 0.410. The summed E-state index contributed by atoms with van der Waals surface area (Å²) in [7, 11) is 6.31. The first-order valence-corrected chi connectivity index (χ1v) is 8.25. The van der Waals surface area contributed by atoms with Gasteiger partial charge in [0.05, 0.1) is 0 Å². The third-order valence-electron chi connectivity index (χ3n) is 3.51. The van der Waals surface area contributed by atoms with Crippen LogP contribution in [0.1, 0.15) is 11.6 Å². The normalized spacial score (nSPS) is 13.0. The molecule has 0 saturated carbocycles. The number of nitrogens with one attached hydrogen (secondary N) is 1. The minimum atomic E-state index is 0.410. The average Bonchev–Trinajstić information content (AvgIpc) is 2.47. The van der Waals surface area contributed by atoms with Gasteiger partial charge in [-0.1, -0.05) is 42.5 Å². The summed E-state index contributed by atoms with van der Waals surface area (Å²) in [5, 5.41) is 6.15. The Kier molecular flexibility index (Phi) is 5.89. The van der Waals surface area contributed by atoms with Gasteiger partial charge in [-0.3, -0.25) is 0 Å². The van der Waals surface area contributed by atoms with Gasteiger partial charge in [0.2, 0.25) is 0 Å². The largest absolute Gasteiger partial charge is 0.312 e. The van der Waals surface area contributed by atoms with Crippen molar-refractivity contribution >= 4 is 22.5 Å². The van der Waals surface area contributed by atoms with Gasteiger partial charge in [-0.2, -0.15) is 11.8 Å². The Labute approximate surface area is 126 Å². The molecule has 108 valence electrons. The van der Waals surface area contributed by atoms with E-state index in [0.717, 1.165) is 12.3 Å². The number of fused-ring (bicyclic) bond motifs is 1. The fraction of sp³-hybridized carbons (Fsp3) is 0.412. The fourth-order valence-corrected chi connectivity index (χ4v) is 3.57. The van der Waals surface area contributed by atoms with Crippen molar-refractivity contribution in [2.45, 2.75) is 6.04 Å². The molecular formula is C17H24N2S. The molecule has 0 aliphatic carbocycles. The van der Waals surface area contributed by atoms with Crippen molar-refractivity contribution in [1.82, 2.24) is 10.2 Å². The molecule has 0 heterocycles. The maximum Gasteiger partial charge on any atom is 0.0415 e. The minimum Gasteiger partial charge on any atom is -0.312 e. The highest BCUT2D eigenvalue weighted by atomic mass is 32.2. The van der Waals surface area contributed by atoms with Gasteiger partial charge in [0.1, 0.15) is 0 Å². The maximum absolute atomic E-state index is 3.46. The molecule has 20 heavy (non-hydrogen) atoms. The molecule has 1 N–H and O–H groups in total. The third kappa shape index (κ3) is 3.98. The van der Waals surface area contributed by atoms with E-state index in [-0.39, 0.29) is 0 Å². The molecule has 0 aliphatic rings. The van der Waals surface area contributed by atoms with Crippen LogP contribution in [0.3, 0.4) is 0 Å². The molecule has 2 aromatic rings. The van der Waals surface area contributed by atoms with Crippen molar-refractivity contribution < 1.29 is 0 Å². The van der Waals surface area contributed by atoms with Crippen LogP contribution in [0.25, 0.3) is 10.8 Å². The summed E-state index contributed by atoms with van der Waals surface area (Å²) in [4.78, 5) is 2.24. The third-order valence-corrected chi connectivity index (χ3v) is 4.55. The van der Waals surface area contributed by atoms with Crippen LogP contribution in [-0.2, 0) is 0 Å². The smallest absolute Gasteiger partial charge is 0.0415 e. The van der Waals surface area contributed by atoms with Gasteiger partial charge in [0.15, 0.2) is 0 Å². The molecule has 0 fully saturated rings. The van der Waals surface area contributed by atoms with Gasteiger partial charge in [-0.25, -0.2) is 0 Å². The highest BCUT2D eigenvalue weighted by Gasteiger charge is 2.12. The molecule has 0 saturated heterocycles. The molecule has 0 aliphatic heterocycles. The van der Waals surface area contributed by atoms with Gasteiger partial charge in [-0.05, 0) is 37.5 Å². The van der Waals surface area contributed by atoms with E-state index in [1.807, 2.05) is 11.8 Å². The first kappa shape index (κ1) is 15.4. The van der Waals surface area contributed by atoms with Crippen LogP contribution in [0.2, 0.25) is 0 Å². The van der Waals surface area contributed by atoms with Crippen LogP contribution in [0.4, 0.5) is 0 Å². The summed E-state index contributed by atoms with van der Waals surface area (Å²) in [5.74, 6) is 2.29. The molecule has 3 heteroatoms. The van der Waals surface area contributed by atoms with Crippen molar-refractivity contribution in [2.75, 3.05) is 39.2 Å². The summed E-state index contributed by atoms with van der Waals surface area (Å²) in [6.45, 7) is 1.14. The molecule has 0 aromatic heterocycles. The second-order valence-electron chi connectivity index (χ2n) is 5.29. The van der Waals surface area contributed by atoms with Crippen molar-refractivity contribution in [3.63, 3.8) is 0 Å². The van der Waals surface area contributed by atoms with Crippen molar-refractivity contribution in [1.29, 1.82) is 0 Å². The lowest BCUT2D eigenvalue weighted by Crippen LogP contribution is -2.21. The SMILES string of the molecule is CNC(CSCCN(C)C)c1cccc2ccccc12. The van der Waals surface area contributed by atoms with Crippen LogP contribution in [0, 0.1) is 0 Å². The topological polar surface area (TPSA) is 15.3 Å². The summed E-state index contributed by atoms with van der Waals surface area (Å²) >= 11 is 2.01. The van der Waals surface area contributed by atoms with Crippen LogP contribution in [-0.4, -0.2) is 44.1 Å². The number of hydrogen-bond donors (Lipinski definition) is 1. The van der Waals surface area contributed by atoms with Gasteiger partial charge >= 0.3 is 0 Å². The predicted molar refractivity (Wildman–Crippen MR) is 91.6 cm³/mol. The second kappa shape index (κ2) is 7.67. The average molecular weight is 288 g/mol. The summed E-state index contributed by atoms with van der Waals surface area (Å²) in [6.07, 6.45) is 0. The van der Waals surface area contributed by atoms with E-state index in [9.17, 15) is 0 Å². The van der Waals surface area contributed by atoms with Crippen molar-refractivity contribution in [3.8, 4) is 0 Å². The molecule has 2 rings (SSSR count). The summed E-state index contributed by atoms with van der Waals surface area (Å²) in [5.41, 5.74) is 1.41. The molecular weight excluding hydrogens is 264 g/mol. The lowest BCUT2D eigenvalue weighted by Gasteiger charge is -2.19. The van der Waals surface area contributed by atoms with Crippen LogP contribution in [0.15, 0.2) is 42.5 Å². The molecule has 2 aromatic carbocycles. The molecule has 0 spiro atoms. The predicted octanol–water partition coefficient (Wildman–Crippen LogP) is 3.40.